The summed E-state index contributed by atoms with van der Waals surface area (Å²) in [6.07, 6.45) is 3.85. The van der Waals surface area contributed by atoms with Gasteiger partial charge in [-0.1, -0.05) is 24.3 Å². The highest BCUT2D eigenvalue weighted by molar-refractivity contribution is 5.58. The Hall–Kier alpha value is -2.05. The standard InChI is InChI=1S/C20H25FN4O/c1-15(24-8-2-3-9-24)16-4-6-17(7-5-16)19-22-14-18(21)20(23-19)25-10-12-26-13-11-25/h4-7,14-15H,2-3,8-13H2,1H3/t15-/m0/s1. The number of likely N-dealkylation sites (tertiary alicyclic amines) is 1. The van der Waals surface area contributed by atoms with Gasteiger partial charge in [0.25, 0.3) is 0 Å². The molecule has 2 aliphatic rings. The van der Waals surface area contributed by atoms with Crippen LogP contribution in [0, 0.1) is 5.82 Å². The lowest BCUT2D eigenvalue weighted by Gasteiger charge is -2.28. The molecule has 0 amide bonds. The fourth-order valence-corrected chi connectivity index (χ4v) is 3.74. The minimum Gasteiger partial charge on any atom is -0.378 e. The van der Waals surface area contributed by atoms with Gasteiger partial charge in [-0.05, 0) is 38.4 Å². The van der Waals surface area contributed by atoms with Crippen molar-refractivity contribution in [1.82, 2.24) is 14.9 Å². The normalized spacial score (nSPS) is 19.7. The van der Waals surface area contributed by atoms with Gasteiger partial charge in [0.2, 0.25) is 0 Å². The van der Waals surface area contributed by atoms with Crippen LogP contribution >= 0.6 is 0 Å². The number of nitrogens with zero attached hydrogens (tertiary/aromatic N) is 4. The zero-order chi connectivity index (χ0) is 17.9. The summed E-state index contributed by atoms with van der Waals surface area (Å²) in [4.78, 5) is 13.1. The number of ether oxygens (including phenoxy) is 1. The van der Waals surface area contributed by atoms with Crippen LogP contribution < -0.4 is 4.90 Å². The molecule has 0 bridgehead atoms. The third kappa shape index (κ3) is 3.57. The first-order valence-electron chi connectivity index (χ1n) is 9.42. The van der Waals surface area contributed by atoms with E-state index in [0.717, 1.165) is 5.56 Å². The van der Waals surface area contributed by atoms with Crippen molar-refractivity contribution in [2.45, 2.75) is 25.8 Å². The first-order valence-corrected chi connectivity index (χ1v) is 9.42. The minimum absolute atomic E-state index is 0.368. The topological polar surface area (TPSA) is 41.5 Å². The Balaban J connectivity index is 1.55. The number of rotatable bonds is 4. The smallest absolute Gasteiger partial charge is 0.183 e. The average molecular weight is 356 g/mol. The van der Waals surface area contributed by atoms with Crippen LogP contribution in [-0.4, -0.2) is 54.3 Å². The van der Waals surface area contributed by atoms with Crippen molar-refractivity contribution in [2.24, 2.45) is 0 Å². The molecule has 1 aromatic carbocycles. The highest BCUT2D eigenvalue weighted by Crippen LogP contribution is 2.27. The van der Waals surface area contributed by atoms with Crippen LogP contribution in [0.2, 0.25) is 0 Å². The van der Waals surface area contributed by atoms with Crippen LogP contribution in [-0.2, 0) is 4.74 Å². The Kier molecular flexibility index (Phi) is 5.13. The molecule has 0 saturated carbocycles. The summed E-state index contributed by atoms with van der Waals surface area (Å²) in [6, 6.07) is 8.78. The molecule has 0 unspecified atom stereocenters. The van der Waals surface area contributed by atoms with Gasteiger partial charge in [0.15, 0.2) is 17.5 Å². The van der Waals surface area contributed by atoms with E-state index in [9.17, 15) is 4.39 Å². The zero-order valence-corrected chi connectivity index (χ0v) is 15.2. The van der Waals surface area contributed by atoms with Gasteiger partial charge in [0.05, 0.1) is 19.4 Å². The Morgan fingerprint density at radius 2 is 1.73 bits per heavy atom. The Labute approximate surface area is 153 Å². The first kappa shape index (κ1) is 17.4. The summed E-state index contributed by atoms with van der Waals surface area (Å²) < 4.78 is 19.5. The first-order chi connectivity index (χ1) is 12.7. The van der Waals surface area contributed by atoms with Gasteiger partial charge in [0.1, 0.15) is 0 Å². The van der Waals surface area contributed by atoms with Gasteiger partial charge in [-0.25, -0.2) is 14.4 Å². The molecular formula is C20H25FN4O. The fourth-order valence-electron chi connectivity index (χ4n) is 3.74. The number of hydrogen-bond acceptors (Lipinski definition) is 5. The van der Waals surface area contributed by atoms with E-state index in [1.54, 1.807) is 0 Å². The summed E-state index contributed by atoms with van der Waals surface area (Å²) >= 11 is 0. The highest BCUT2D eigenvalue weighted by atomic mass is 19.1. The quantitative estimate of drug-likeness (QED) is 0.841. The van der Waals surface area contributed by atoms with Gasteiger partial charge < -0.3 is 9.64 Å². The van der Waals surface area contributed by atoms with E-state index in [0.29, 0.717) is 44.0 Å². The van der Waals surface area contributed by atoms with Crippen LogP contribution in [0.5, 0.6) is 0 Å². The van der Waals surface area contributed by atoms with Crippen LogP contribution in [0.15, 0.2) is 30.5 Å². The molecule has 2 aromatic rings. The maximum atomic E-state index is 14.2. The second-order valence-corrected chi connectivity index (χ2v) is 7.01. The molecule has 0 spiro atoms. The monoisotopic (exact) mass is 356 g/mol. The van der Waals surface area contributed by atoms with E-state index in [1.807, 2.05) is 17.0 Å². The molecule has 2 saturated heterocycles. The molecular weight excluding hydrogens is 331 g/mol. The summed E-state index contributed by atoms with van der Waals surface area (Å²) in [5, 5.41) is 0. The van der Waals surface area contributed by atoms with E-state index >= 15 is 0 Å². The maximum Gasteiger partial charge on any atom is 0.183 e. The summed E-state index contributed by atoms with van der Waals surface area (Å²) in [7, 11) is 0. The zero-order valence-electron chi connectivity index (χ0n) is 15.2. The lowest BCUT2D eigenvalue weighted by atomic mass is 10.0. The third-order valence-electron chi connectivity index (χ3n) is 5.38. The molecule has 3 heterocycles. The van der Waals surface area contributed by atoms with E-state index in [-0.39, 0.29) is 5.82 Å². The van der Waals surface area contributed by atoms with E-state index in [4.69, 9.17) is 4.74 Å². The van der Waals surface area contributed by atoms with Crippen LogP contribution in [0.3, 0.4) is 0 Å². The number of anilines is 1. The number of morpholine rings is 1. The van der Waals surface area contributed by atoms with Crippen molar-refractivity contribution >= 4 is 5.82 Å². The van der Waals surface area contributed by atoms with Crippen molar-refractivity contribution < 1.29 is 9.13 Å². The summed E-state index contributed by atoms with van der Waals surface area (Å²) in [5.74, 6) is 0.552. The number of halogens is 1. The maximum absolute atomic E-state index is 14.2. The molecule has 2 aliphatic heterocycles. The van der Waals surface area contributed by atoms with Gasteiger partial charge in [0, 0.05) is 24.7 Å². The van der Waals surface area contributed by atoms with Crippen LogP contribution in [0.25, 0.3) is 11.4 Å². The van der Waals surface area contributed by atoms with Gasteiger partial charge in [-0.2, -0.15) is 0 Å². The SMILES string of the molecule is C[C@@H](c1ccc(-c2ncc(F)c(N3CCOCC3)n2)cc1)N1CCCC1. The number of aromatic nitrogens is 2. The lowest BCUT2D eigenvalue weighted by Crippen LogP contribution is -2.37. The molecule has 1 atom stereocenters. The minimum atomic E-state index is -0.380. The molecule has 1 aromatic heterocycles. The molecule has 6 heteroatoms. The van der Waals surface area contributed by atoms with Crippen molar-refractivity contribution in [3.05, 3.63) is 41.8 Å². The number of benzene rings is 1. The molecule has 26 heavy (non-hydrogen) atoms. The van der Waals surface area contributed by atoms with Crippen molar-refractivity contribution in [2.75, 3.05) is 44.3 Å². The van der Waals surface area contributed by atoms with Gasteiger partial charge in [-0.3, -0.25) is 4.90 Å². The highest BCUT2D eigenvalue weighted by Gasteiger charge is 2.20. The second kappa shape index (κ2) is 7.68. The average Bonchev–Trinajstić information content (AvgIpc) is 3.23. The van der Waals surface area contributed by atoms with Gasteiger partial charge >= 0.3 is 0 Å². The molecule has 138 valence electrons. The fraction of sp³-hybridized carbons (Fsp3) is 0.500. The molecule has 4 rings (SSSR count). The van der Waals surface area contributed by atoms with E-state index in [1.165, 1.54) is 37.7 Å². The molecule has 0 aliphatic carbocycles. The second-order valence-electron chi connectivity index (χ2n) is 7.01. The van der Waals surface area contributed by atoms with Crippen molar-refractivity contribution in [1.29, 1.82) is 0 Å². The number of hydrogen-bond donors (Lipinski definition) is 0. The summed E-state index contributed by atoms with van der Waals surface area (Å²) in [6.45, 7) is 7.11. The Morgan fingerprint density at radius 3 is 2.42 bits per heavy atom. The van der Waals surface area contributed by atoms with E-state index < -0.39 is 0 Å². The summed E-state index contributed by atoms with van der Waals surface area (Å²) in [5.41, 5.74) is 2.21. The molecule has 2 fully saturated rings. The largest absolute Gasteiger partial charge is 0.378 e. The lowest BCUT2D eigenvalue weighted by molar-refractivity contribution is 0.122. The predicted molar refractivity (Wildman–Crippen MR) is 99.7 cm³/mol. The Morgan fingerprint density at radius 1 is 1.04 bits per heavy atom. The van der Waals surface area contributed by atoms with E-state index in [2.05, 4.69) is 33.9 Å². The molecule has 0 N–H and O–H groups in total. The third-order valence-corrected chi connectivity index (χ3v) is 5.38. The molecule has 5 nitrogen and oxygen atoms in total. The van der Waals surface area contributed by atoms with Crippen LogP contribution in [0.4, 0.5) is 10.2 Å². The molecule has 0 radical (unpaired) electrons. The van der Waals surface area contributed by atoms with Crippen LogP contribution in [0.1, 0.15) is 31.4 Å². The van der Waals surface area contributed by atoms with Crippen molar-refractivity contribution in [3.63, 3.8) is 0 Å². The van der Waals surface area contributed by atoms with Gasteiger partial charge in [-0.15, -0.1) is 0 Å². The van der Waals surface area contributed by atoms with Crippen molar-refractivity contribution in [3.8, 4) is 11.4 Å². The Bertz CT molecular complexity index is 740. The predicted octanol–water partition coefficient (Wildman–Crippen LogP) is 3.28.